The van der Waals surface area contributed by atoms with Crippen LogP contribution in [0.15, 0.2) is 42.7 Å². The minimum atomic E-state index is -0.402. The second kappa shape index (κ2) is 9.20. The topological polar surface area (TPSA) is 82.5 Å². The maximum Gasteiger partial charge on any atom is 0.337 e. The molecule has 0 atom stereocenters. The van der Waals surface area contributed by atoms with Crippen LogP contribution in [0.2, 0.25) is 0 Å². The number of carbonyl (C=O) groups is 2. The van der Waals surface area contributed by atoms with Gasteiger partial charge in [-0.25, -0.2) is 9.78 Å². The molecule has 0 unspecified atom stereocenters. The van der Waals surface area contributed by atoms with Gasteiger partial charge in [-0.1, -0.05) is 18.9 Å². The Bertz CT molecular complexity index is 1100. The van der Waals surface area contributed by atoms with Crippen LogP contribution in [0.4, 0.5) is 5.69 Å². The molecule has 162 valence electrons. The van der Waals surface area contributed by atoms with Crippen molar-refractivity contribution in [3.05, 3.63) is 53.9 Å². The van der Waals surface area contributed by atoms with Crippen molar-refractivity contribution in [2.24, 2.45) is 5.92 Å². The minimum Gasteiger partial charge on any atom is -0.496 e. The Morgan fingerprint density at radius 2 is 1.94 bits per heavy atom. The number of nitrogens with zero attached hydrogens (tertiary/aromatic N) is 2. The molecule has 1 N–H and O–H groups in total. The maximum absolute atomic E-state index is 12.3. The number of imidazole rings is 1. The fourth-order valence-corrected chi connectivity index (χ4v) is 4.26. The van der Waals surface area contributed by atoms with E-state index in [-0.39, 0.29) is 5.91 Å². The summed E-state index contributed by atoms with van der Waals surface area (Å²) in [6.45, 7) is 0.536. The van der Waals surface area contributed by atoms with Crippen LogP contribution in [0.5, 0.6) is 5.75 Å². The molecular formula is C24H27N3O4. The first-order chi connectivity index (χ1) is 15.1. The maximum atomic E-state index is 12.3. The van der Waals surface area contributed by atoms with Gasteiger partial charge in [0.15, 0.2) is 0 Å². The molecule has 1 aliphatic rings. The molecule has 2 aromatic carbocycles. The van der Waals surface area contributed by atoms with Crippen molar-refractivity contribution in [1.29, 1.82) is 0 Å². The minimum absolute atomic E-state index is 0.0705. The monoisotopic (exact) mass is 421 g/mol. The SMILES string of the molecule is COC(=O)c1ccc(Cn2cnc3cc(NC(=O)CC4CCCC4)ccc32)c(OC)c1. The fraction of sp³-hybridized carbons (Fsp3) is 0.375. The van der Waals surface area contributed by atoms with Crippen LogP contribution in [0.3, 0.4) is 0 Å². The Kier molecular flexibility index (Phi) is 6.21. The van der Waals surface area contributed by atoms with Gasteiger partial charge in [0.05, 0.1) is 43.7 Å². The lowest BCUT2D eigenvalue weighted by Gasteiger charge is -2.12. The van der Waals surface area contributed by atoms with Crippen molar-refractivity contribution < 1.29 is 19.1 Å². The highest BCUT2D eigenvalue weighted by Gasteiger charge is 2.18. The van der Waals surface area contributed by atoms with Gasteiger partial charge in [-0.2, -0.15) is 0 Å². The lowest BCUT2D eigenvalue weighted by Crippen LogP contribution is -2.15. The van der Waals surface area contributed by atoms with E-state index in [1.54, 1.807) is 25.6 Å². The van der Waals surface area contributed by atoms with E-state index in [4.69, 9.17) is 9.47 Å². The van der Waals surface area contributed by atoms with E-state index >= 15 is 0 Å². The number of amides is 1. The number of rotatable bonds is 7. The number of fused-ring (bicyclic) bond motifs is 1. The largest absolute Gasteiger partial charge is 0.496 e. The number of esters is 1. The molecule has 1 heterocycles. The number of hydrogen-bond donors (Lipinski definition) is 1. The van der Waals surface area contributed by atoms with E-state index in [1.165, 1.54) is 20.0 Å². The number of methoxy groups -OCH3 is 2. The highest BCUT2D eigenvalue weighted by Crippen LogP contribution is 2.28. The molecule has 1 fully saturated rings. The van der Waals surface area contributed by atoms with Crippen LogP contribution < -0.4 is 10.1 Å². The number of aromatic nitrogens is 2. The number of ether oxygens (including phenoxy) is 2. The van der Waals surface area contributed by atoms with Crippen LogP contribution in [-0.4, -0.2) is 35.6 Å². The zero-order valence-corrected chi connectivity index (χ0v) is 17.9. The van der Waals surface area contributed by atoms with Crippen LogP contribution >= 0.6 is 0 Å². The first-order valence-corrected chi connectivity index (χ1v) is 10.6. The van der Waals surface area contributed by atoms with Gasteiger partial charge in [0.25, 0.3) is 0 Å². The van der Waals surface area contributed by atoms with Gasteiger partial charge in [0.1, 0.15) is 5.75 Å². The molecule has 1 aliphatic carbocycles. The Hall–Kier alpha value is -3.35. The van der Waals surface area contributed by atoms with E-state index in [0.717, 1.165) is 35.1 Å². The Morgan fingerprint density at radius 3 is 2.68 bits per heavy atom. The highest BCUT2D eigenvalue weighted by atomic mass is 16.5. The van der Waals surface area contributed by atoms with Gasteiger partial charge in [-0.3, -0.25) is 4.79 Å². The van der Waals surface area contributed by atoms with Gasteiger partial charge in [0, 0.05) is 17.7 Å². The predicted octanol–water partition coefficient (Wildman–Crippen LogP) is 4.40. The van der Waals surface area contributed by atoms with E-state index in [2.05, 4.69) is 10.3 Å². The van der Waals surface area contributed by atoms with Crippen molar-refractivity contribution in [2.75, 3.05) is 19.5 Å². The fourth-order valence-electron chi connectivity index (χ4n) is 4.26. The lowest BCUT2D eigenvalue weighted by atomic mass is 10.0. The zero-order chi connectivity index (χ0) is 21.8. The molecule has 1 amide bonds. The molecule has 0 aliphatic heterocycles. The Balaban J connectivity index is 1.49. The summed E-state index contributed by atoms with van der Waals surface area (Å²) in [5, 5.41) is 3.01. The Labute approximate surface area is 181 Å². The first kappa shape index (κ1) is 20.9. The molecule has 31 heavy (non-hydrogen) atoms. The van der Waals surface area contributed by atoms with Gasteiger partial charge in [-0.05, 0) is 49.1 Å². The second-order valence-electron chi connectivity index (χ2n) is 8.00. The van der Waals surface area contributed by atoms with Crippen molar-refractivity contribution in [2.45, 2.75) is 38.6 Å². The van der Waals surface area contributed by atoms with E-state index in [9.17, 15) is 9.59 Å². The van der Waals surface area contributed by atoms with Crippen molar-refractivity contribution in [3.63, 3.8) is 0 Å². The molecule has 0 radical (unpaired) electrons. The summed E-state index contributed by atoms with van der Waals surface area (Å²) >= 11 is 0. The zero-order valence-electron chi connectivity index (χ0n) is 17.9. The molecule has 1 aromatic heterocycles. The molecule has 1 saturated carbocycles. The standard InChI is InChI=1S/C24H27N3O4/c1-30-22-12-17(24(29)31-2)7-8-18(22)14-27-15-25-20-13-19(9-10-21(20)27)26-23(28)11-16-5-3-4-6-16/h7-10,12-13,15-16H,3-6,11,14H2,1-2H3,(H,26,28). The molecular weight excluding hydrogens is 394 g/mol. The van der Waals surface area contributed by atoms with Gasteiger partial charge >= 0.3 is 5.97 Å². The number of hydrogen-bond acceptors (Lipinski definition) is 5. The molecule has 4 rings (SSSR count). The van der Waals surface area contributed by atoms with E-state index < -0.39 is 5.97 Å². The first-order valence-electron chi connectivity index (χ1n) is 10.6. The summed E-state index contributed by atoms with van der Waals surface area (Å²) in [6, 6.07) is 11.0. The third-order valence-electron chi connectivity index (χ3n) is 5.90. The third-order valence-corrected chi connectivity index (χ3v) is 5.90. The molecule has 0 bridgehead atoms. The summed E-state index contributed by atoms with van der Waals surface area (Å²) in [5.41, 5.74) is 3.89. The van der Waals surface area contributed by atoms with E-state index in [1.807, 2.05) is 28.8 Å². The normalized spacial score (nSPS) is 14.0. The summed E-state index contributed by atoms with van der Waals surface area (Å²) in [6.07, 6.45) is 7.13. The molecule has 0 spiro atoms. The van der Waals surface area contributed by atoms with E-state index in [0.29, 0.717) is 30.2 Å². The summed E-state index contributed by atoms with van der Waals surface area (Å²) in [5.74, 6) is 0.797. The molecule has 0 saturated heterocycles. The summed E-state index contributed by atoms with van der Waals surface area (Å²) in [4.78, 5) is 28.6. The van der Waals surface area contributed by atoms with Crippen LogP contribution in [0, 0.1) is 5.92 Å². The predicted molar refractivity (Wildman–Crippen MR) is 118 cm³/mol. The smallest absolute Gasteiger partial charge is 0.337 e. The highest BCUT2D eigenvalue weighted by molar-refractivity contribution is 5.93. The van der Waals surface area contributed by atoms with Crippen molar-refractivity contribution >= 4 is 28.6 Å². The number of nitrogens with one attached hydrogen (secondary N) is 1. The van der Waals surface area contributed by atoms with Crippen LogP contribution in [0.1, 0.15) is 48.0 Å². The molecule has 7 nitrogen and oxygen atoms in total. The molecule has 3 aromatic rings. The lowest BCUT2D eigenvalue weighted by molar-refractivity contribution is -0.117. The number of carbonyl (C=O) groups excluding carboxylic acids is 2. The summed E-state index contributed by atoms with van der Waals surface area (Å²) in [7, 11) is 2.93. The average Bonchev–Trinajstić information content (AvgIpc) is 3.43. The molecule has 7 heteroatoms. The Morgan fingerprint density at radius 1 is 1.13 bits per heavy atom. The second-order valence-corrected chi connectivity index (χ2v) is 8.00. The van der Waals surface area contributed by atoms with Crippen LogP contribution in [0.25, 0.3) is 11.0 Å². The van der Waals surface area contributed by atoms with Gasteiger partial charge < -0.3 is 19.4 Å². The average molecular weight is 421 g/mol. The van der Waals surface area contributed by atoms with Crippen molar-refractivity contribution in [1.82, 2.24) is 9.55 Å². The van der Waals surface area contributed by atoms with Crippen LogP contribution in [-0.2, 0) is 16.1 Å². The third kappa shape index (κ3) is 4.71. The summed E-state index contributed by atoms with van der Waals surface area (Å²) < 4.78 is 12.3. The number of anilines is 1. The quantitative estimate of drug-likeness (QED) is 0.572. The van der Waals surface area contributed by atoms with Crippen molar-refractivity contribution in [3.8, 4) is 5.75 Å². The van der Waals surface area contributed by atoms with Gasteiger partial charge in [0.2, 0.25) is 5.91 Å². The van der Waals surface area contributed by atoms with Gasteiger partial charge in [-0.15, -0.1) is 0 Å². The number of benzene rings is 2.